The number of para-hydroxylation sites is 2. The van der Waals surface area contributed by atoms with Gasteiger partial charge >= 0.3 is 5.97 Å². The summed E-state index contributed by atoms with van der Waals surface area (Å²) in [6.07, 6.45) is 2.40. The molecule has 0 unspecified atom stereocenters. The van der Waals surface area contributed by atoms with Crippen LogP contribution in [0, 0.1) is 0 Å². The Kier molecular flexibility index (Phi) is 9.02. The van der Waals surface area contributed by atoms with E-state index in [-0.39, 0.29) is 12.3 Å². The third-order valence-corrected chi connectivity index (χ3v) is 5.12. The number of hydrogen-bond acceptors (Lipinski definition) is 8. The molecule has 0 saturated carbocycles. The van der Waals surface area contributed by atoms with Gasteiger partial charge in [0.25, 0.3) is 5.91 Å². The first kappa shape index (κ1) is 24.7. The SMILES string of the molecule is CCOc1ccccc1N(CC(=O)N/N=C\c1ccc(OCC(=O)OC)cc1)S(C)(=O)=O. The molecule has 1 N–H and O–H groups in total. The average molecular weight is 464 g/mol. The number of hydrazone groups is 1. The molecule has 0 radical (unpaired) electrons. The number of methoxy groups -OCH3 is 1. The van der Waals surface area contributed by atoms with Crippen molar-refractivity contribution in [1.82, 2.24) is 5.43 Å². The molecule has 32 heavy (non-hydrogen) atoms. The Morgan fingerprint density at radius 2 is 1.78 bits per heavy atom. The topological polar surface area (TPSA) is 124 Å². The molecule has 0 saturated heterocycles. The smallest absolute Gasteiger partial charge is 0.343 e. The van der Waals surface area contributed by atoms with Gasteiger partial charge in [-0.15, -0.1) is 0 Å². The van der Waals surface area contributed by atoms with Crippen LogP contribution in [0.5, 0.6) is 11.5 Å². The van der Waals surface area contributed by atoms with E-state index in [1.165, 1.54) is 13.3 Å². The minimum Gasteiger partial charge on any atom is -0.492 e. The van der Waals surface area contributed by atoms with Crippen molar-refractivity contribution >= 4 is 33.8 Å². The van der Waals surface area contributed by atoms with E-state index in [1.54, 1.807) is 55.5 Å². The van der Waals surface area contributed by atoms with Gasteiger partial charge in [0, 0.05) is 0 Å². The number of rotatable bonds is 11. The van der Waals surface area contributed by atoms with Crippen LogP contribution in [0.2, 0.25) is 0 Å². The van der Waals surface area contributed by atoms with Gasteiger partial charge in [-0.25, -0.2) is 18.6 Å². The maximum atomic E-state index is 12.3. The largest absolute Gasteiger partial charge is 0.492 e. The quantitative estimate of drug-likeness (QED) is 0.305. The second-order valence-corrected chi connectivity index (χ2v) is 8.30. The van der Waals surface area contributed by atoms with Crippen molar-refractivity contribution in [3.8, 4) is 11.5 Å². The lowest BCUT2D eigenvalue weighted by molar-refractivity contribution is -0.142. The molecule has 2 aromatic carbocycles. The van der Waals surface area contributed by atoms with E-state index in [0.29, 0.717) is 23.7 Å². The summed E-state index contributed by atoms with van der Waals surface area (Å²) in [5.74, 6) is -0.305. The van der Waals surface area contributed by atoms with Crippen molar-refractivity contribution in [1.29, 1.82) is 0 Å². The summed E-state index contributed by atoms with van der Waals surface area (Å²) in [4.78, 5) is 23.4. The molecule has 0 aliphatic rings. The standard InChI is InChI=1S/C21H25N3O7S/c1-4-30-19-8-6-5-7-18(19)24(32(3,27)28)14-20(25)23-22-13-16-9-11-17(12-10-16)31-15-21(26)29-2/h5-13H,4,14-15H2,1-3H3,(H,23,25)/b22-13-. The molecule has 1 amide bonds. The molecule has 0 aliphatic heterocycles. The van der Waals surface area contributed by atoms with E-state index in [9.17, 15) is 18.0 Å². The maximum absolute atomic E-state index is 12.3. The van der Waals surface area contributed by atoms with Crippen molar-refractivity contribution in [2.24, 2.45) is 5.10 Å². The van der Waals surface area contributed by atoms with Crippen molar-refractivity contribution in [2.45, 2.75) is 6.92 Å². The first-order valence-corrected chi connectivity index (χ1v) is 11.4. The number of nitrogens with one attached hydrogen (secondary N) is 1. The Hall–Kier alpha value is -3.60. The van der Waals surface area contributed by atoms with Gasteiger partial charge in [0.2, 0.25) is 10.0 Å². The van der Waals surface area contributed by atoms with Gasteiger partial charge in [0.05, 0.1) is 31.9 Å². The number of ether oxygens (including phenoxy) is 3. The zero-order valence-electron chi connectivity index (χ0n) is 18.0. The van der Waals surface area contributed by atoms with Crippen LogP contribution in [0.4, 0.5) is 5.69 Å². The highest BCUT2D eigenvalue weighted by atomic mass is 32.2. The summed E-state index contributed by atoms with van der Waals surface area (Å²) in [7, 11) is -2.49. The van der Waals surface area contributed by atoms with E-state index in [2.05, 4.69) is 15.3 Å². The highest BCUT2D eigenvalue weighted by Gasteiger charge is 2.23. The molecule has 0 atom stereocenters. The number of esters is 1. The zero-order chi connectivity index (χ0) is 23.6. The van der Waals surface area contributed by atoms with Crippen molar-refractivity contribution in [2.75, 3.05) is 37.4 Å². The molecule has 0 aliphatic carbocycles. The number of amides is 1. The van der Waals surface area contributed by atoms with Gasteiger partial charge in [-0.3, -0.25) is 9.10 Å². The Bertz CT molecular complexity index is 1050. The van der Waals surface area contributed by atoms with Crippen LogP contribution in [-0.2, 0) is 24.3 Å². The first-order chi connectivity index (χ1) is 15.2. The zero-order valence-corrected chi connectivity index (χ0v) is 18.8. The number of carbonyl (C=O) groups excluding carboxylic acids is 2. The maximum Gasteiger partial charge on any atom is 0.343 e. The molecule has 0 heterocycles. The molecule has 2 aromatic rings. The number of nitrogens with zero attached hydrogens (tertiary/aromatic N) is 2. The lowest BCUT2D eigenvalue weighted by Crippen LogP contribution is -2.39. The van der Waals surface area contributed by atoms with Gasteiger partial charge in [-0.2, -0.15) is 5.10 Å². The number of carbonyl (C=O) groups is 2. The number of hydrogen-bond donors (Lipinski definition) is 1. The highest BCUT2D eigenvalue weighted by molar-refractivity contribution is 7.92. The molecular weight excluding hydrogens is 438 g/mol. The van der Waals surface area contributed by atoms with Crippen LogP contribution in [0.15, 0.2) is 53.6 Å². The minimum absolute atomic E-state index is 0.205. The lowest BCUT2D eigenvalue weighted by atomic mass is 10.2. The van der Waals surface area contributed by atoms with Crippen LogP contribution < -0.4 is 19.2 Å². The van der Waals surface area contributed by atoms with Crippen molar-refractivity contribution in [3.05, 3.63) is 54.1 Å². The molecule has 10 nitrogen and oxygen atoms in total. The first-order valence-electron chi connectivity index (χ1n) is 9.55. The van der Waals surface area contributed by atoms with Gasteiger partial charge < -0.3 is 14.2 Å². The Balaban J connectivity index is 2.01. The van der Waals surface area contributed by atoms with Crippen molar-refractivity contribution in [3.63, 3.8) is 0 Å². The summed E-state index contributed by atoms with van der Waals surface area (Å²) in [6.45, 7) is 1.45. The van der Waals surface area contributed by atoms with Crippen molar-refractivity contribution < 1.29 is 32.2 Å². The predicted octanol–water partition coefficient (Wildman–Crippen LogP) is 1.55. The number of benzene rings is 2. The Morgan fingerprint density at radius 3 is 2.41 bits per heavy atom. The van der Waals surface area contributed by atoms with Crippen LogP contribution in [0.25, 0.3) is 0 Å². The Morgan fingerprint density at radius 1 is 1.09 bits per heavy atom. The third-order valence-electron chi connectivity index (χ3n) is 3.99. The van der Waals surface area contributed by atoms with Crippen LogP contribution >= 0.6 is 0 Å². The molecule has 0 bridgehead atoms. The molecule has 0 spiro atoms. The molecule has 172 valence electrons. The van der Waals surface area contributed by atoms with Crippen LogP contribution in [0.3, 0.4) is 0 Å². The lowest BCUT2D eigenvalue weighted by Gasteiger charge is -2.23. The van der Waals surface area contributed by atoms with Gasteiger partial charge in [-0.05, 0) is 48.9 Å². The van der Waals surface area contributed by atoms with Crippen LogP contribution in [-0.4, -0.2) is 59.6 Å². The fourth-order valence-electron chi connectivity index (χ4n) is 2.52. The Labute approximate surface area is 186 Å². The fraction of sp³-hybridized carbons (Fsp3) is 0.286. The molecule has 0 fully saturated rings. The number of anilines is 1. The average Bonchev–Trinajstić information content (AvgIpc) is 2.76. The summed E-state index contributed by atoms with van der Waals surface area (Å²) < 4.78 is 40.7. The summed E-state index contributed by atoms with van der Waals surface area (Å²) in [5, 5.41) is 3.85. The highest BCUT2D eigenvalue weighted by Crippen LogP contribution is 2.29. The van der Waals surface area contributed by atoms with Crippen LogP contribution in [0.1, 0.15) is 12.5 Å². The molecule has 0 aromatic heterocycles. The predicted molar refractivity (Wildman–Crippen MR) is 119 cm³/mol. The molecule has 11 heteroatoms. The molecule has 2 rings (SSSR count). The summed E-state index contributed by atoms with van der Waals surface area (Å²) >= 11 is 0. The fourth-order valence-corrected chi connectivity index (χ4v) is 3.38. The minimum atomic E-state index is -3.76. The van der Waals surface area contributed by atoms with E-state index in [1.807, 2.05) is 0 Å². The van der Waals surface area contributed by atoms with Gasteiger partial charge in [0.1, 0.15) is 18.0 Å². The summed E-state index contributed by atoms with van der Waals surface area (Å²) in [6, 6.07) is 13.2. The van der Waals surface area contributed by atoms with E-state index in [0.717, 1.165) is 10.6 Å². The monoisotopic (exact) mass is 463 g/mol. The van der Waals surface area contributed by atoms with E-state index >= 15 is 0 Å². The molecular formula is C21H25N3O7S. The van der Waals surface area contributed by atoms with E-state index in [4.69, 9.17) is 9.47 Å². The second-order valence-electron chi connectivity index (χ2n) is 6.40. The second kappa shape index (κ2) is 11.7. The third kappa shape index (κ3) is 7.58. The van der Waals surface area contributed by atoms with E-state index < -0.39 is 28.4 Å². The normalized spacial score (nSPS) is 11.1. The summed E-state index contributed by atoms with van der Waals surface area (Å²) in [5.41, 5.74) is 3.22. The number of sulfonamides is 1. The van der Waals surface area contributed by atoms with Gasteiger partial charge in [0.15, 0.2) is 6.61 Å². The van der Waals surface area contributed by atoms with Gasteiger partial charge in [-0.1, -0.05) is 12.1 Å².